The SMILES string of the molecule is CCN1C(=O)C(C)(C)COc2ccc(NS(=O)(=O)c3ccc4ccccc4c3)cc21. The van der Waals surface area contributed by atoms with Gasteiger partial charge in [0.05, 0.1) is 21.7 Å². The molecule has 7 heteroatoms. The van der Waals surface area contributed by atoms with Gasteiger partial charge in [-0.1, -0.05) is 30.3 Å². The highest BCUT2D eigenvalue weighted by Gasteiger charge is 2.37. The average molecular weight is 425 g/mol. The molecule has 1 heterocycles. The summed E-state index contributed by atoms with van der Waals surface area (Å²) in [6, 6.07) is 17.6. The molecule has 0 bridgehead atoms. The number of amides is 1. The second-order valence-corrected chi connectivity index (χ2v) is 9.70. The van der Waals surface area contributed by atoms with Crippen LogP contribution < -0.4 is 14.4 Å². The first-order chi connectivity index (χ1) is 14.2. The minimum atomic E-state index is -3.80. The van der Waals surface area contributed by atoms with E-state index < -0.39 is 15.4 Å². The molecule has 0 fully saturated rings. The number of nitrogens with zero attached hydrogens (tertiary/aromatic N) is 1. The molecule has 0 radical (unpaired) electrons. The van der Waals surface area contributed by atoms with E-state index in [9.17, 15) is 13.2 Å². The second-order valence-electron chi connectivity index (χ2n) is 8.02. The zero-order valence-electron chi connectivity index (χ0n) is 17.2. The van der Waals surface area contributed by atoms with Crippen molar-refractivity contribution in [1.82, 2.24) is 0 Å². The van der Waals surface area contributed by atoms with Crippen molar-refractivity contribution >= 4 is 38.1 Å². The number of nitrogens with one attached hydrogen (secondary N) is 1. The third-order valence-electron chi connectivity index (χ3n) is 5.26. The van der Waals surface area contributed by atoms with E-state index in [1.807, 2.05) is 45.0 Å². The number of sulfonamides is 1. The van der Waals surface area contributed by atoms with E-state index in [0.29, 0.717) is 23.7 Å². The molecule has 1 amide bonds. The molecular weight excluding hydrogens is 400 g/mol. The fourth-order valence-electron chi connectivity index (χ4n) is 3.57. The Bertz CT molecular complexity index is 1230. The van der Waals surface area contributed by atoms with Crippen LogP contribution in [-0.4, -0.2) is 27.5 Å². The lowest BCUT2D eigenvalue weighted by Crippen LogP contribution is -2.42. The molecule has 1 aliphatic rings. The van der Waals surface area contributed by atoms with E-state index in [4.69, 9.17) is 4.74 Å². The highest BCUT2D eigenvalue weighted by atomic mass is 32.2. The molecule has 30 heavy (non-hydrogen) atoms. The summed E-state index contributed by atoms with van der Waals surface area (Å²) in [5.74, 6) is 0.503. The molecular formula is C23H24N2O4S. The molecule has 156 valence electrons. The van der Waals surface area contributed by atoms with Crippen LogP contribution in [0.5, 0.6) is 5.75 Å². The molecule has 0 saturated heterocycles. The largest absolute Gasteiger partial charge is 0.490 e. The van der Waals surface area contributed by atoms with Crippen LogP contribution in [0.3, 0.4) is 0 Å². The Morgan fingerprint density at radius 3 is 2.50 bits per heavy atom. The number of fused-ring (bicyclic) bond motifs is 2. The average Bonchev–Trinajstić information content (AvgIpc) is 2.81. The van der Waals surface area contributed by atoms with Crippen molar-refractivity contribution in [1.29, 1.82) is 0 Å². The van der Waals surface area contributed by atoms with Gasteiger partial charge >= 0.3 is 0 Å². The maximum atomic E-state index is 13.0. The monoisotopic (exact) mass is 424 g/mol. The van der Waals surface area contributed by atoms with Crippen molar-refractivity contribution in [2.45, 2.75) is 25.7 Å². The lowest BCUT2D eigenvalue weighted by Gasteiger charge is -2.27. The molecule has 3 aromatic rings. The van der Waals surface area contributed by atoms with Gasteiger partial charge in [-0.05, 0) is 61.9 Å². The predicted octanol–water partition coefficient (Wildman–Crippen LogP) is 4.41. The Balaban J connectivity index is 1.69. The molecule has 1 N–H and O–H groups in total. The molecule has 0 aliphatic carbocycles. The van der Waals surface area contributed by atoms with Crippen molar-refractivity contribution < 1.29 is 17.9 Å². The van der Waals surface area contributed by atoms with Gasteiger partial charge in [0.1, 0.15) is 12.4 Å². The van der Waals surface area contributed by atoms with Crippen LogP contribution in [-0.2, 0) is 14.8 Å². The zero-order valence-corrected chi connectivity index (χ0v) is 18.0. The standard InChI is InChI=1S/C23H24N2O4S/c1-4-25-20-14-18(10-12-21(20)29-15-23(2,3)22(25)26)24-30(27,28)19-11-9-16-7-5-6-8-17(16)13-19/h5-14,24H,4,15H2,1-3H3. The van der Waals surface area contributed by atoms with Gasteiger partial charge < -0.3 is 9.64 Å². The fourth-order valence-corrected chi connectivity index (χ4v) is 4.66. The Morgan fingerprint density at radius 2 is 1.77 bits per heavy atom. The number of carbonyl (C=O) groups excluding carboxylic acids is 1. The number of anilines is 2. The lowest BCUT2D eigenvalue weighted by atomic mass is 9.93. The first kappa shape index (κ1) is 20.2. The molecule has 0 unspecified atom stereocenters. The number of rotatable bonds is 4. The van der Waals surface area contributed by atoms with E-state index in [1.54, 1.807) is 41.3 Å². The second kappa shape index (κ2) is 7.32. The normalized spacial score (nSPS) is 16.0. The van der Waals surface area contributed by atoms with Gasteiger partial charge in [-0.3, -0.25) is 9.52 Å². The van der Waals surface area contributed by atoms with Crippen molar-refractivity contribution in [3.63, 3.8) is 0 Å². The molecule has 0 aromatic heterocycles. The summed E-state index contributed by atoms with van der Waals surface area (Å²) >= 11 is 0. The van der Waals surface area contributed by atoms with Crippen molar-refractivity contribution in [2.75, 3.05) is 22.8 Å². The topological polar surface area (TPSA) is 75.7 Å². The highest BCUT2D eigenvalue weighted by molar-refractivity contribution is 7.92. The van der Waals surface area contributed by atoms with Crippen LogP contribution in [0.4, 0.5) is 11.4 Å². The molecule has 1 aliphatic heterocycles. The molecule has 6 nitrogen and oxygen atoms in total. The Kier molecular flexibility index (Phi) is 4.94. The minimum absolute atomic E-state index is 0.0571. The van der Waals surface area contributed by atoms with Gasteiger partial charge in [0.25, 0.3) is 10.0 Å². The van der Waals surface area contributed by atoms with E-state index in [-0.39, 0.29) is 17.4 Å². The van der Waals surface area contributed by atoms with Gasteiger partial charge in [0.15, 0.2) is 0 Å². The van der Waals surface area contributed by atoms with Crippen LogP contribution in [0.15, 0.2) is 65.6 Å². The molecule has 3 aromatic carbocycles. The molecule has 0 atom stereocenters. The van der Waals surface area contributed by atoms with E-state index in [2.05, 4.69) is 4.72 Å². The summed E-state index contributed by atoms with van der Waals surface area (Å²) < 4.78 is 34.4. The van der Waals surface area contributed by atoms with E-state index in [1.165, 1.54) is 0 Å². The van der Waals surface area contributed by atoms with Crippen molar-refractivity contribution in [2.24, 2.45) is 5.41 Å². The van der Waals surface area contributed by atoms with Crippen LogP contribution in [0, 0.1) is 5.41 Å². The number of benzene rings is 3. The zero-order chi connectivity index (χ0) is 21.5. The van der Waals surface area contributed by atoms with Crippen molar-refractivity contribution in [3.8, 4) is 5.75 Å². The van der Waals surface area contributed by atoms with Gasteiger partial charge in [-0.15, -0.1) is 0 Å². The maximum Gasteiger partial charge on any atom is 0.261 e. The van der Waals surface area contributed by atoms with Crippen LogP contribution in [0.2, 0.25) is 0 Å². The predicted molar refractivity (Wildman–Crippen MR) is 119 cm³/mol. The highest BCUT2D eigenvalue weighted by Crippen LogP contribution is 2.38. The quantitative estimate of drug-likeness (QED) is 0.673. The molecule has 0 spiro atoms. The van der Waals surface area contributed by atoms with Gasteiger partial charge in [-0.25, -0.2) is 8.42 Å². The number of hydrogen-bond acceptors (Lipinski definition) is 4. The van der Waals surface area contributed by atoms with Gasteiger partial charge in [0, 0.05) is 6.54 Å². The smallest absolute Gasteiger partial charge is 0.261 e. The summed E-state index contributed by atoms with van der Waals surface area (Å²) in [6.45, 7) is 6.28. The summed E-state index contributed by atoms with van der Waals surface area (Å²) in [5, 5.41) is 1.82. The Labute approximate surface area is 176 Å². The summed E-state index contributed by atoms with van der Waals surface area (Å²) in [4.78, 5) is 14.7. The first-order valence-electron chi connectivity index (χ1n) is 9.82. The fraction of sp³-hybridized carbons (Fsp3) is 0.261. The third kappa shape index (κ3) is 3.61. The Morgan fingerprint density at radius 1 is 1.03 bits per heavy atom. The summed E-state index contributed by atoms with van der Waals surface area (Å²) in [6.07, 6.45) is 0. The van der Waals surface area contributed by atoms with E-state index >= 15 is 0 Å². The molecule has 0 saturated carbocycles. The molecule has 4 rings (SSSR count). The lowest BCUT2D eigenvalue weighted by molar-refractivity contribution is -0.127. The van der Waals surface area contributed by atoms with Crippen LogP contribution in [0.25, 0.3) is 10.8 Å². The number of carbonyl (C=O) groups is 1. The Hall–Kier alpha value is -3.06. The minimum Gasteiger partial charge on any atom is -0.490 e. The first-order valence-corrected chi connectivity index (χ1v) is 11.3. The van der Waals surface area contributed by atoms with Crippen LogP contribution in [0.1, 0.15) is 20.8 Å². The number of ether oxygens (including phenoxy) is 1. The van der Waals surface area contributed by atoms with Crippen molar-refractivity contribution in [3.05, 3.63) is 60.7 Å². The van der Waals surface area contributed by atoms with Crippen LogP contribution >= 0.6 is 0 Å². The summed E-state index contributed by atoms with van der Waals surface area (Å²) in [7, 11) is -3.80. The van der Waals surface area contributed by atoms with E-state index in [0.717, 1.165) is 10.8 Å². The van der Waals surface area contributed by atoms with Gasteiger partial charge in [0.2, 0.25) is 5.91 Å². The third-order valence-corrected chi connectivity index (χ3v) is 6.64. The number of hydrogen-bond donors (Lipinski definition) is 1. The maximum absolute atomic E-state index is 13.0. The summed E-state index contributed by atoms with van der Waals surface area (Å²) in [5.41, 5.74) is 0.267. The van der Waals surface area contributed by atoms with Gasteiger partial charge in [-0.2, -0.15) is 0 Å².